The van der Waals surface area contributed by atoms with Crippen molar-refractivity contribution in [3.63, 3.8) is 0 Å². The molecule has 6 heteroatoms. The number of benzene rings is 1. The fraction of sp³-hybridized carbons (Fsp3) is 0.529. The van der Waals surface area contributed by atoms with Gasteiger partial charge in [0.2, 0.25) is 5.91 Å². The maximum absolute atomic E-state index is 13.2. The van der Waals surface area contributed by atoms with Gasteiger partial charge in [0.25, 0.3) is 5.91 Å². The number of likely N-dealkylation sites (tertiary alicyclic amines) is 1. The summed E-state index contributed by atoms with van der Waals surface area (Å²) in [4.78, 5) is 28.1. The Morgan fingerprint density at radius 2 is 2.00 bits per heavy atom. The van der Waals surface area contributed by atoms with Crippen LogP contribution in [-0.2, 0) is 4.79 Å². The Hall–Kier alpha value is -1.95. The van der Waals surface area contributed by atoms with Gasteiger partial charge in [-0.2, -0.15) is 0 Å². The van der Waals surface area contributed by atoms with E-state index in [4.69, 9.17) is 0 Å². The highest BCUT2D eigenvalue weighted by Crippen LogP contribution is 2.19. The van der Waals surface area contributed by atoms with Crippen LogP contribution in [-0.4, -0.2) is 61.9 Å². The van der Waals surface area contributed by atoms with Crippen molar-refractivity contribution in [1.29, 1.82) is 0 Å². The Bertz CT molecular complexity index is 555. The smallest absolute Gasteiger partial charge is 0.253 e. The van der Waals surface area contributed by atoms with E-state index in [1.54, 1.807) is 11.0 Å². The Morgan fingerprint density at radius 1 is 1.30 bits per heavy atom. The highest BCUT2D eigenvalue weighted by molar-refractivity contribution is 5.94. The number of carbonyl (C=O) groups excluding carboxylic acids is 2. The number of hydrogen-bond donors (Lipinski definition) is 1. The molecule has 1 aromatic rings. The molecule has 1 fully saturated rings. The zero-order valence-corrected chi connectivity index (χ0v) is 13.7. The normalized spacial score (nSPS) is 15.7. The summed E-state index contributed by atoms with van der Waals surface area (Å²) in [6.07, 6.45) is 1.30. The lowest BCUT2D eigenvalue weighted by Crippen LogP contribution is -2.44. The molecule has 0 spiro atoms. The number of halogens is 1. The molecular weight excluding hydrogens is 297 g/mol. The van der Waals surface area contributed by atoms with Crippen molar-refractivity contribution in [2.24, 2.45) is 5.92 Å². The fourth-order valence-corrected chi connectivity index (χ4v) is 2.70. The largest absolute Gasteiger partial charge is 0.355 e. The number of piperidine rings is 1. The van der Waals surface area contributed by atoms with Gasteiger partial charge in [-0.1, -0.05) is 6.07 Å². The van der Waals surface area contributed by atoms with Crippen LogP contribution in [0.25, 0.3) is 0 Å². The third-order valence-electron chi connectivity index (χ3n) is 4.08. The Balaban J connectivity index is 1.81. The van der Waals surface area contributed by atoms with E-state index < -0.39 is 5.82 Å². The van der Waals surface area contributed by atoms with E-state index in [0.717, 1.165) is 6.54 Å². The Morgan fingerprint density at radius 3 is 2.61 bits per heavy atom. The molecular formula is C17H24FN3O2. The zero-order valence-electron chi connectivity index (χ0n) is 13.7. The average molecular weight is 321 g/mol. The number of amides is 2. The molecule has 0 unspecified atom stereocenters. The van der Waals surface area contributed by atoms with Crippen LogP contribution >= 0.6 is 0 Å². The number of rotatable bonds is 5. The van der Waals surface area contributed by atoms with Crippen molar-refractivity contribution in [3.8, 4) is 0 Å². The van der Waals surface area contributed by atoms with E-state index in [9.17, 15) is 14.0 Å². The number of hydrogen-bond acceptors (Lipinski definition) is 3. The van der Waals surface area contributed by atoms with E-state index in [0.29, 0.717) is 38.0 Å². The second-order valence-corrected chi connectivity index (χ2v) is 6.17. The molecule has 0 bridgehead atoms. The maximum atomic E-state index is 13.2. The summed E-state index contributed by atoms with van der Waals surface area (Å²) in [6, 6.07) is 5.72. The predicted octanol–water partition coefficient (Wildman–Crippen LogP) is 1.36. The Kier molecular flexibility index (Phi) is 6.10. The molecule has 0 aromatic heterocycles. The van der Waals surface area contributed by atoms with Crippen LogP contribution in [0.5, 0.6) is 0 Å². The minimum Gasteiger partial charge on any atom is -0.355 e. The molecule has 0 aliphatic carbocycles. The Labute approximate surface area is 136 Å². The first-order valence-corrected chi connectivity index (χ1v) is 7.94. The molecule has 1 aromatic carbocycles. The molecule has 2 rings (SSSR count). The van der Waals surface area contributed by atoms with Crippen molar-refractivity contribution < 1.29 is 14.0 Å². The third-order valence-corrected chi connectivity index (χ3v) is 4.08. The third kappa shape index (κ3) is 5.03. The van der Waals surface area contributed by atoms with Crippen LogP contribution < -0.4 is 5.32 Å². The minimum absolute atomic E-state index is 0.0475. The van der Waals surface area contributed by atoms with E-state index in [1.807, 2.05) is 19.0 Å². The highest BCUT2D eigenvalue weighted by Gasteiger charge is 2.27. The van der Waals surface area contributed by atoms with Gasteiger partial charge >= 0.3 is 0 Å². The summed E-state index contributed by atoms with van der Waals surface area (Å²) in [7, 11) is 3.92. The van der Waals surface area contributed by atoms with Gasteiger partial charge in [0.15, 0.2) is 0 Å². The van der Waals surface area contributed by atoms with Gasteiger partial charge in [0.1, 0.15) is 5.82 Å². The molecule has 0 radical (unpaired) electrons. The maximum Gasteiger partial charge on any atom is 0.253 e. The summed E-state index contributed by atoms with van der Waals surface area (Å²) < 4.78 is 13.2. The van der Waals surface area contributed by atoms with Crippen molar-refractivity contribution >= 4 is 11.8 Å². The van der Waals surface area contributed by atoms with Crippen molar-refractivity contribution in [2.75, 3.05) is 40.3 Å². The fourth-order valence-electron chi connectivity index (χ4n) is 2.70. The van der Waals surface area contributed by atoms with Crippen molar-refractivity contribution in [2.45, 2.75) is 12.8 Å². The van der Waals surface area contributed by atoms with Gasteiger partial charge in [0.05, 0.1) is 0 Å². The van der Waals surface area contributed by atoms with E-state index in [1.165, 1.54) is 18.2 Å². The highest BCUT2D eigenvalue weighted by atomic mass is 19.1. The minimum atomic E-state index is -0.411. The first-order chi connectivity index (χ1) is 11.0. The van der Waals surface area contributed by atoms with Gasteiger partial charge < -0.3 is 15.1 Å². The number of likely N-dealkylation sites (N-methyl/N-ethyl adjacent to an activating group) is 1. The van der Waals surface area contributed by atoms with E-state index in [2.05, 4.69) is 5.32 Å². The van der Waals surface area contributed by atoms with Gasteiger partial charge in [-0.15, -0.1) is 0 Å². The molecule has 1 saturated heterocycles. The van der Waals surface area contributed by atoms with Gasteiger partial charge in [-0.05, 0) is 45.1 Å². The predicted molar refractivity (Wildman–Crippen MR) is 86.6 cm³/mol. The van der Waals surface area contributed by atoms with Gasteiger partial charge in [-0.3, -0.25) is 9.59 Å². The topological polar surface area (TPSA) is 52.7 Å². The summed E-state index contributed by atoms with van der Waals surface area (Å²) in [6.45, 7) is 2.50. The molecule has 5 nitrogen and oxygen atoms in total. The lowest BCUT2D eigenvalue weighted by atomic mass is 9.95. The van der Waals surface area contributed by atoms with Crippen LogP contribution in [0, 0.1) is 11.7 Å². The summed E-state index contributed by atoms with van der Waals surface area (Å²) in [5, 5.41) is 2.93. The van der Waals surface area contributed by atoms with Crippen LogP contribution in [0.3, 0.4) is 0 Å². The molecule has 2 amide bonds. The van der Waals surface area contributed by atoms with E-state index in [-0.39, 0.29) is 17.7 Å². The first-order valence-electron chi connectivity index (χ1n) is 7.94. The standard InChI is InChI=1S/C17H24FN3O2/c1-20(2)11-8-19-16(22)13-6-9-21(10-7-13)17(23)14-4-3-5-15(18)12-14/h3-5,12-13H,6-11H2,1-2H3,(H,19,22). The monoisotopic (exact) mass is 321 g/mol. The quantitative estimate of drug-likeness (QED) is 0.891. The van der Waals surface area contributed by atoms with Gasteiger partial charge in [0, 0.05) is 37.7 Å². The van der Waals surface area contributed by atoms with Gasteiger partial charge in [-0.25, -0.2) is 4.39 Å². The van der Waals surface area contributed by atoms with Crippen LogP contribution in [0.2, 0.25) is 0 Å². The average Bonchev–Trinajstić information content (AvgIpc) is 2.54. The van der Waals surface area contributed by atoms with E-state index >= 15 is 0 Å². The molecule has 23 heavy (non-hydrogen) atoms. The van der Waals surface area contributed by atoms with Crippen LogP contribution in [0.1, 0.15) is 23.2 Å². The molecule has 1 aliphatic rings. The lowest BCUT2D eigenvalue weighted by Gasteiger charge is -2.31. The molecule has 0 saturated carbocycles. The molecule has 1 heterocycles. The number of nitrogens with one attached hydrogen (secondary N) is 1. The van der Waals surface area contributed by atoms with Crippen molar-refractivity contribution in [1.82, 2.24) is 15.1 Å². The number of carbonyl (C=O) groups is 2. The van der Waals surface area contributed by atoms with Crippen LogP contribution in [0.4, 0.5) is 4.39 Å². The molecule has 126 valence electrons. The SMILES string of the molecule is CN(C)CCNC(=O)C1CCN(C(=O)c2cccc(F)c2)CC1. The summed E-state index contributed by atoms with van der Waals surface area (Å²) >= 11 is 0. The molecule has 0 atom stereocenters. The first kappa shape index (κ1) is 17.4. The van der Waals surface area contributed by atoms with Crippen molar-refractivity contribution in [3.05, 3.63) is 35.6 Å². The second kappa shape index (κ2) is 8.06. The molecule has 1 N–H and O–H groups in total. The zero-order chi connectivity index (χ0) is 16.8. The van der Waals surface area contributed by atoms with Crippen LogP contribution in [0.15, 0.2) is 24.3 Å². The molecule has 1 aliphatic heterocycles. The second-order valence-electron chi connectivity index (χ2n) is 6.17. The summed E-state index contributed by atoms with van der Waals surface area (Å²) in [5.74, 6) is -0.569. The summed E-state index contributed by atoms with van der Waals surface area (Å²) in [5.41, 5.74) is 0.360. The number of nitrogens with zero attached hydrogens (tertiary/aromatic N) is 2. The lowest BCUT2D eigenvalue weighted by molar-refractivity contribution is -0.126.